The highest BCUT2D eigenvalue weighted by Crippen LogP contribution is 2.20. The van der Waals surface area contributed by atoms with Gasteiger partial charge in [0.2, 0.25) is 0 Å². The Morgan fingerprint density at radius 3 is 2.35 bits per heavy atom. The van der Waals surface area contributed by atoms with E-state index < -0.39 is 24.0 Å². The number of carboxylic acids is 1. The Kier molecular flexibility index (Phi) is 6.60. The van der Waals surface area contributed by atoms with Crippen molar-refractivity contribution < 1.29 is 24.2 Å². The molecule has 0 saturated carbocycles. The van der Waals surface area contributed by atoms with Crippen LogP contribution in [0.1, 0.15) is 30.5 Å². The predicted molar refractivity (Wildman–Crippen MR) is 97.4 cm³/mol. The molecular weight excluding hydrogens is 334 g/mol. The number of carbonyl (C=O) groups is 2. The number of aryl methyl sites for hydroxylation is 1. The molecule has 2 N–H and O–H groups in total. The number of hydrogen-bond donors (Lipinski definition) is 2. The highest BCUT2D eigenvalue weighted by atomic mass is 16.5. The molecule has 0 aliphatic rings. The van der Waals surface area contributed by atoms with Crippen LogP contribution in [-0.4, -0.2) is 30.2 Å². The van der Waals surface area contributed by atoms with Crippen LogP contribution in [0.25, 0.3) is 0 Å². The Labute approximate surface area is 152 Å². The highest BCUT2D eigenvalue weighted by Gasteiger charge is 2.27. The van der Waals surface area contributed by atoms with E-state index in [1.807, 2.05) is 32.0 Å². The fourth-order valence-electron chi connectivity index (χ4n) is 2.49. The molecular formula is C20H23NO5. The van der Waals surface area contributed by atoms with Crippen LogP contribution < -0.4 is 14.8 Å². The molecule has 0 aliphatic carbocycles. The Bertz CT molecular complexity index is 757. The van der Waals surface area contributed by atoms with Gasteiger partial charge in [-0.2, -0.15) is 0 Å². The minimum atomic E-state index is -1.16. The lowest BCUT2D eigenvalue weighted by atomic mass is 10.1. The molecule has 26 heavy (non-hydrogen) atoms. The summed E-state index contributed by atoms with van der Waals surface area (Å²) in [7, 11) is 1.53. The molecule has 2 atom stereocenters. The average molecular weight is 357 g/mol. The first-order valence-corrected chi connectivity index (χ1v) is 8.35. The third-order valence-electron chi connectivity index (χ3n) is 3.91. The van der Waals surface area contributed by atoms with Crippen molar-refractivity contribution in [2.75, 3.05) is 7.11 Å². The van der Waals surface area contributed by atoms with Gasteiger partial charge in [-0.3, -0.25) is 4.79 Å². The second-order valence-corrected chi connectivity index (χ2v) is 5.88. The van der Waals surface area contributed by atoms with E-state index >= 15 is 0 Å². The lowest BCUT2D eigenvalue weighted by Crippen LogP contribution is -2.42. The SMILES string of the molecule is CCC(Oc1cccc(C)c1)C(=O)NC(C(=O)O)c1ccc(OC)cc1. The van der Waals surface area contributed by atoms with Crippen molar-refractivity contribution in [3.8, 4) is 11.5 Å². The molecule has 0 saturated heterocycles. The van der Waals surface area contributed by atoms with Gasteiger partial charge in [-0.25, -0.2) is 4.79 Å². The van der Waals surface area contributed by atoms with Crippen molar-refractivity contribution in [3.63, 3.8) is 0 Å². The molecule has 2 aromatic carbocycles. The third-order valence-corrected chi connectivity index (χ3v) is 3.91. The number of carboxylic acid groups (broad SMARTS) is 1. The summed E-state index contributed by atoms with van der Waals surface area (Å²) in [6.07, 6.45) is -0.369. The highest BCUT2D eigenvalue weighted by molar-refractivity contribution is 5.87. The normalized spacial score (nSPS) is 12.7. The Balaban J connectivity index is 2.12. The van der Waals surface area contributed by atoms with Gasteiger partial charge in [0.1, 0.15) is 11.5 Å². The Morgan fingerprint density at radius 1 is 1.12 bits per heavy atom. The summed E-state index contributed by atoms with van der Waals surface area (Å²) in [5.41, 5.74) is 1.47. The standard InChI is InChI=1S/C20H23NO5/c1-4-17(26-16-7-5-6-13(2)12-16)19(22)21-18(20(23)24)14-8-10-15(25-3)11-9-14/h5-12,17-18H,4H2,1-3H3,(H,21,22)(H,23,24). The lowest BCUT2D eigenvalue weighted by Gasteiger charge is -2.21. The smallest absolute Gasteiger partial charge is 0.330 e. The number of aliphatic carboxylic acids is 1. The van der Waals surface area contributed by atoms with E-state index in [2.05, 4.69) is 5.32 Å². The van der Waals surface area contributed by atoms with E-state index in [0.29, 0.717) is 23.5 Å². The molecule has 6 heteroatoms. The van der Waals surface area contributed by atoms with Gasteiger partial charge in [-0.1, -0.05) is 31.2 Å². The van der Waals surface area contributed by atoms with Crippen molar-refractivity contribution in [3.05, 3.63) is 59.7 Å². The number of amides is 1. The monoisotopic (exact) mass is 357 g/mol. The van der Waals surface area contributed by atoms with Gasteiger partial charge >= 0.3 is 5.97 Å². The van der Waals surface area contributed by atoms with Gasteiger partial charge in [0.25, 0.3) is 5.91 Å². The number of carbonyl (C=O) groups excluding carboxylic acids is 1. The molecule has 0 spiro atoms. The first kappa shape index (κ1) is 19.3. The van der Waals surface area contributed by atoms with Crippen LogP contribution in [0, 0.1) is 6.92 Å². The minimum absolute atomic E-state index is 0.411. The van der Waals surface area contributed by atoms with E-state index in [9.17, 15) is 14.7 Å². The zero-order valence-electron chi connectivity index (χ0n) is 15.1. The molecule has 0 aliphatic heterocycles. The van der Waals surface area contributed by atoms with Crippen LogP contribution in [0.3, 0.4) is 0 Å². The van der Waals surface area contributed by atoms with Crippen LogP contribution >= 0.6 is 0 Å². The summed E-state index contributed by atoms with van der Waals surface area (Å²) in [6, 6.07) is 12.7. The van der Waals surface area contributed by atoms with E-state index in [0.717, 1.165) is 5.56 Å². The van der Waals surface area contributed by atoms with Crippen molar-refractivity contribution >= 4 is 11.9 Å². The minimum Gasteiger partial charge on any atom is -0.497 e. The second kappa shape index (κ2) is 8.89. The van der Waals surface area contributed by atoms with E-state index in [-0.39, 0.29) is 0 Å². The number of nitrogens with one attached hydrogen (secondary N) is 1. The fraction of sp³-hybridized carbons (Fsp3) is 0.300. The van der Waals surface area contributed by atoms with E-state index in [4.69, 9.17) is 9.47 Å². The number of ether oxygens (including phenoxy) is 2. The summed E-state index contributed by atoms with van der Waals surface area (Å²) in [4.78, 5) is 24.2. The summed E-state index contributed by atoms with van der Waals surface area (Å²) in [6.45, 7) is 3.74. The summed E-state index contributed by atoms with van der Waals surface area (Å²) >= 11 is 0. The molecule has 0 aromatic heterocycles. The molecule has 1 amide bonds. The number of rotatable bonds is 8. The lowest BCUT2D eigenvalue weighted by molar-refractivity contribution is -0.143. The van der Waals surface area contributed by atoms with E-state index in [1.165, 1.54) is 7.11 Å². The molecule has 6 nitrogen and oxygen atoms in total. The van der Waals surface area contributed by atoms with Crippen molar-refractivity contribution in [2.24, 2.45) is 0 Å². The Hall–Kier alpha value is -3.02. The number of benzene rings is 2. The molecule has 0 radical (unpaired) electrons. The summed E-state index contributed by atoms with van der Waals surface area (Å²) in [5, 5.41) is 12.0. The van der Waals surface area contributed by atoms with Gasteiger partial charge in [-0.05, 0) is 48.7 Å². The van der Waals surface area contributed by atoms with Gasteiger partial charge in [0, 0.05) is 0 Å². The molecule has 138 valence electrons. The quantitative estimate of drug-likeness (QED) is 0.758. The maximum Gasteiger partial charge on any atom is 0.330 e. The van der Waals surface area contributed by atoms with Crippen LogP contribution in [0.15, 0.2) is 48.5 Å². The maximum absolute atomic E-state index is 12.6. The first-order valence-electron chi connectivity index (χ1n) is 8.35. The van der Waals surface area contributed by atoms with Crippen LogP contribution in [0.2, 0.25) is 0 Å². The topological polar surface area (TPSA) is 84.9 Å². The van der Waals surface area contributed by atoms with Gasteiger partial charge in [0.05, 0.1) is 7.11 Å². The predicted octanol–water partition coefficient (Wildman–Crippen LogP) is 3.10. The summed E-state index contributed by atoms with van der Waals surface area (Å²) < 4.78 is 10.8. The second-order valence-electron chi connectivity index (χ2n) is 5.88. The van der Waals surface area contributed by atoms with Crippen LogP contribution in [-0.2, 0) is 9.59 Å². The number of methoxy groups -OCH3 is 1. The van der Waals surface area contributed by atoms with E-state index in [1.54, 1.807) is 30.3 Å². The maximum atomic E-state index is 12.6. The third kappa shape index (κ3) is 4.99. The van der Waals surface area contributed by atoms with Gasteiger partial charge in [0.15, 0.2) is 12.1 Å². The van der Waals surface area contributed by atoms with Crippen molar-refractivity contribution in [1.29, 1.82) is 0 Å². The molecule has 2 aromatic rings. The Morgan fingerprint density at radius 2 is 1.81 bits per heavy atom. The fourth-order valence-corrected chi connectivity index (χ4v) is 2.49. The van der Waals surface area contributed by atoms with Gasteiger partial charge < -0.3 is 19.9 Å². The van der Waals surface area contributed by atoms with Crippen molar-refractivity contribution in [2.45, 2.75) is 32.4 Å². The molecule has 2 unspecified atom stereocenters. The molecule has 0 heterocycles. The zero-order chi connectivity index (χ0) is 19.1. The van der Waals surface area contributed by atoms with Crippen molar-refractivity contribution in [1.82, 2.24) is 5.32 Å². The van der Waals surface area contributed by atoms with Crippen LogP contribution in [0.5, 0.6) is 11.5 Å². The van der Waals surface area contributed by atoms with Gasteiger partial charge in [-0.15, -0.1) is 0 Å². The van der Waals surface area contributed by atoms with Crippen LogP contribution in [0.4, 0.5) is 0 Å². The largest absolute Gasteiger partial charge is 0.497 e. The average Bonchev–Trinajstić information content (AvgIpc) is 2.64. The molecule has 0 bridgehead atoms. The molecule has 2 rings (SSSR count). The zero-order valence-corrected chi connectivity index (χ0v) is 15.1. The summed E-state index contributed by atoms with van der Waals surface area (Å²) in [5.74, 6) is -0.437. The number of hydrogen-bond acceptors (Lipinski definition) is 4. The molecule has 0 fully saturated rings. The first-order chi connectivity index (χ1) is 12.4.